The van der Waals surface area contributed by atoms with E-state index in [1.807, 2.05) is 0 Å². The van der Waals surface area contributed by atoms with Crippen LogP contribution in [0.15, 0.2) is 23.3 Å². The minimum absolute atomic E-state index is 0.0256. The fraction of sp³-hybridized carbons (Fsp3) is 0.500. The minimum Gasteiger partial charge on any atom is -0.390 e. The summed E-state index contributed by atoms with van der Waals surface area (Å²) < 4.78 is 9.19. The first-order valence-corrected chi connectivity index (χ1v) is 7.07. The largest absolute Gasteiger partial charge is 0.390 e. The highest BCUT2D eigenvalue weighted by atomic mass is 16.6. The predicted molar refractivity (Wildman–Crippen MR) is 79.5 cm³/mol. The zero-order chi connectivity index (χ0) is 17.1. The molecule has 0 atom stereocenters. The smallest absolute Gasteiger partial charge is 0.341 e. The number of unbranched alkanes of at least 4 members (excludes halogenated alkanes) is 1. The Morgan fingerprint density at radius 1 is 0.727 bits per heavy atom. The maximum Gasteiger partial charge on any atom is 0.341 e. The van der Waals surface area contributed by atoms with Crippen molar-refractivity contribution in [3.8, 4) is 0 Å². The second kappa shape index (κ2) is 10.5. The Morgan fingerprint density at radius 2 is 1.05 bits per heavy atom. The van der Waals surface area contributed by atoms with Gasteiger partial charge in [0, 0.05) is 24.0 Å². The van der Waals surface area contributed by atoms with Gasteiger partial charge in [-0.3, -0.25) is 9.59 Å². The highest BCUT2D eigenvalue weighted by Crippen LogP contribution is 2.06. The van der Waals surface area contributed by atoms with Crippen LogP contribution in [0.2, 0.25) is 0 Å². The normalized spacial score (nSPS) is 11.8. The van der Waals surface area contributed by atoms with Crippen LogP contribution in [0.5, 0.6) is 0 Å². The maximum atomic E-state index is 11.4. The van der Waals surface area contributed by atoms with Crippen LogP contribution >= 0.6 is 0 Å². The number of hydrogen-bond donors (Lipinski definition) is 0. The molecule has 0 aliphatic carbocycles. The molecule has 0 unspecified atom stereocenters. The first-order valence-electron chi connectivity index (χ1n) is 7.07. The Balaban J connectivity index is 3.94. The van der Waals surface area contributed by atoms with Crippen LogP contribution in [0.25, 0.3) is 0 Å². The first kappa shape index (κ1) is 19.8. The summed E-state index contributed by atoms with van der Waals surface area (Å²) >= 11 is 0. The molecule has 0 aromatic heterocycles. The monoisotopic (exact) mass is 310 g/mol. The van der Waals surface area contributed by atoms with Crippen molar-refractivity contribution in [3.05, 3.63) is 23.3 Å². The van der Waals surface area contributed by atoms with Crippen LogP contribution in [-0.4, -0.2) is 23.9 Å². The van der Waals surface area contributed by atoms with Crippen molar-refractivity contribution in [1.82, 2.24) is 0 Å². The molecule has 0 aromatic carbocycles. The summed E-state index contributed by atoms with van der Waals surface area (Å²) in [6, 6.07) is 0. The molecule has 0 radical (unpaired) electrons. The molecule has 0 amide bonds. The fourth-order valence-corrected chi connectivity index (χ4v) is 1.24. The van der Waals surface area contributed by atoms with Crippen LogP contribution in [0, 0.1) is 0 Å². The summed E-state index contributed by atoms with van der Waals surface area (Å²) in [5.41, 5.74) is 0.713. The van der Waals surface area contributed by atoms with Gasteiger partial charge in [-0.25, -0.2) is 9.59 Å². The number of hydrogen-bond acceptors (Lipinski definition) is 6. The van der Waals surface area contributed by atoms with E-state index in [1.165, 1.54) is 0 Å². The van der Waals surface area contributed by atoms with E-state index in [4.69, 9.17) is 0 Å². The van der Waals surface area contributed by atoms with E-state index >= 15 is 0 Å². The molecule has 0 spiro atoms. The lowest BCUT2D eigenvalue weighted by molar-refractivity contribution is -0.159. The second-order valence-corrected chi connectivity index (χ2v) is 4.67. The third kappa shape index (κ3) is 8.14. The van der Waals surface area contributed by atoms with Crippen LogP contribution < -0.4 is 0 Å². The molecule has 0 aromatic rings. The molecule has 0 aliphatic heterocycles. The Labute approximate surface area is 130 Å². The van der Waals surface area contributed by atoms with Gasteiger partial charge in [0.05, 0.1) is 0 Å². The summed E-state index contributed by atoms with van der Waals surface area (Å²) in [6.45, 7) is 6.44. The summed E-state index contributed by atoms with van der Waals surface area (Å²) in [7, 11) is 0. The van der Waals surface area contributed by atoms with Gasteiger partial charge in [0.1, 0.15) is 0 Å². The Bertz CT molecular complexity index is 453. The van der Waals surface area contributed by atoms with E-state index in [-0.39, 0.29) is 12.8 Å². The van der Waals surface area contributed by atoms with E-state index in [9.17, 15) is 19.2 Å². The molecule has 0 saturated heterocycles. The van der Waals surface area contributed by atoms with Gasteiger partial charge < -0.3 is 9.47 Å². The molecule has 6 heteroatoms. The van der Waals surface area contributed by atoms with Crippen molar-refractivity contribution in [3.63, 3.8) is 0 Å². The highest BCUT2D eigenvalue weighted by Gasteiger charge is 2.13. The number of allylic oxidation sites excluding steroid dienone is 2. The van der Waals surface area contributed by atoms with Crippen molar-refractivity contribution in [1.29, 1.82) is 0 Å². The molecule has 6 nitrogen and oxygen atoms in total. The number of ether oxygens (including phenoxy) is 2. The third-order valence-corrected chi connectivity index (χ3v) is 2.93. The lowest BCUT2D eigenvalue weighted by Gasteiger charge is -2.04. The lowest BCUT2D eigenvalue weighted by atomic mass is 10.2. The molecule has 122 valence electrons. The second-order valence-electron chi connectivity index (χ2n) is 4.67. The summed E-state index contributed by atoms with van der Waals surface area (Å²) in [5, 5.41) is 0. The molecule has 0 N–H and O–H groups in total. The minimum atomic E-state index is -0.667. The van der Waals surface area contributed by atoms with E-state index in [2.05, 4.69) is 9.47 Å². The molecule has 0 aliphatic rings. The van der Waals surface area contributed by atoms with Crippen molar-refractivity contribution in [2.75, 3.05) is 0 Å². The van der Waals surface area contributed by atoms with Crippen LogP contribution in [0.1, 0.15) is 53.4 Å². The SMILES string of the molecule is CC=C(C)C(=O)OC(=O)CCCCC(=O)OC(=O)C(C)=CC. The Hall–Kier alpha value is -2.24. The number of carbonyl (C=O) groups excluding carboxylic acids is 4. The quantitative estimate of drug-likeness (QED) is 0.311. The van der Waals surface area contributed by atoms with Crippen molar-refractivity contribution in [2.24, 2.45) is 0 Å². The van der Waals surface area contributed by atoms with Crippen LogP contribution in [0.4, 0.5) is 0 Å². The third-order valence-electron chi connectivity index (χ3n) is 2.93. The van der Waals surface area contributed by atoms with E-state index in [0.29, 0.717) is 24.0 Å². The molecular weight excluding hydrogens is 288 g/mol. The molecule has 0 heterocycles. The fourth-order valence-electron chi connectivity index (χ4n) is 1.24. The molecule has 0 fully saturated rings. The van der Waals surface area contributed by atoms with Crippen molar-refractivity contribution >= 4 is 23.9 Å². The predicted octanol–water partition coefficient (Wildman–Crippen LogP) is 2.62. The Morgan fingerprint density at radius 3 is 1.32 bits per heavy atom. The van der Waals surface area contributed by atoms with Gasteiger partial charge in [0.15, 0.2) is 0 Å². The lowest BCUT2D eigenvalue weighted by Crippen LogP contribution is -2.14. The molecular formula is C16H22O6. The van der Waals surface area contributed by atoms with Gasteiger partial charge in [-0.15, -0.1) is 0 Å². The number of carbonyl (C=O) groups is 4. The van der Waals surface area contributed by atoms with Crippen molar-refractivity contribution < 1.29 is 28.7 Å². The highest BCUT2D eigenvalue weighted by molar-refractivity contribution is 5.96. The van der Waals surface area contributed by atoms with Crippen LogP contribution in [0.3, 0.4) is 0 Å². The van der Waals surface area contributed by atoms with Gasteiger partial charge >= 0.3 is 23.9 Å². The van der Waals surface area contributed by atoms with Gasteiger partial charge in [0.25, 0.3) is 0 Å². The first-order chi connectivity index (χ1) is 10.3. The van der Waals surface area contributed by atoms with Gasteiger partial charge in [0.2, 0.25) is 0 Å². The van der Waals surface area contributed by atoms with Gasteiger partial charge in [-0.1, -0.05) is 12.2 Å². The van der Waals surface area contributed by atoms with Gasteiger partial charge in [-0.05, 0) is 40.5 Å². The van der Waals surface area contributed by atoms with E-state index in [0.717, 1.165) is 0 Å². The van der Waals surface area contributed by atoms with E-state index in [1.54, 1.807) is 39.8 Å². The summed E-state index contributed by atoms with van der Waals surface area (Å²) in [6.07, 6.45) is 3.89. The van der Waals surface area contributed by atoms with Gasteiger partial charge in [-0.2, -0.15) is 0 Å². The average Bonchev–Trinajstić information content (AvgIpc) is 2.49. The zero-order valence-electron chi connectivity index (χ0n) is 13.4. The maximum absolute atomic E-state index is 11.4. The average molecular weight is 310 g/mol. The Kier molecular flexibility index (Phi) is 9.41. The summed E-state index contributed by atoms with van der Waals surface area (Å²) in [4.78, 5) is 45.4. The summed E-state index contributed by atoms with van der Waals surface area (Å²) in [5.74, 6) is -2.61. The molecule has 0 bridgehead atoms. The van der Waals surface area contributed by atoms with E-state index < -0.39 is 23.9 Å². The van der Waals surface area contributed by atoms with Crippen LogP contribution in [-0.2, 0) is 28.7 Å². The standard InChI is InChI=1S/C16H22O6/c1-5-11(3)15(19)21-13(17)9-7-8-10-14(18)22-16(20)12(4)6-2/h5-6H,7-10H2,1-4H3. The van der Waals surface area contributed by atoms with Crippen molar-refractivity contribution in [2.45, 2.75) is 53.4 Å². The molecule has 0 saturated carbocycles. The molecule has 22 heavy (non-hydrogen) atoms. The molecule has 0 rings (SSSR count). The number of rotatable bonds is 7. The topological polar surface area (TPSA) is 86.7 Å². The number of esters is 4. The zero-order valence-corrected chi connectivity index (χ0v) is 13.4.